The second-order valence-corrected chi connectivity index (χ2v) is 5.71. The van der Waals surface area contributed by atoms with E-state index in [9.17, 15) is 9.90 Å². The molecule has 0 unspecified atom stereocenters. The first-order valence-corrected chi connectivity index (χ1v) is 7.61. The summed E-state index contributed by atoms with van der Waals surface area (Å²) in [4.78, 5) is 19.1. The Balaban J connectivity index is 2.11. The number of esters is 1. The van der Waals surface area contributed by atoms with E-state index < -0.39 is 5.97 Å². The van der Waals surface area contributed by atoms with E-state index in [4.69, 9.17) is 16.3 Å². The summed E-state index contributed by atoms with van der Waals surface area (Å²) < 4.78 is 4.74. The van der Waals surface area contributed by atoms with Crippen LogP contribution in [0.2, 0.25) is 5.02 Å². The van der Waals surface area contributed by atoms with E-state index in [1.54, 1.807) is 49.4 Å². The first-order chi connectivity index (χ1) is 11.5. The number of hydrogen-bond donors (Lipinski definition) is 2. The third-order valence-corrected chi connectivity index (χ3v) is 3.94. The van der Waals surface area contributed by atoms with E-state index in [0.717, 1.165) is 5.69 Å². The fraction of sp³-hybridized carbons (Fsp3) is 0.111. The maximum Gasteiger partial charge on any atom is 0.337 e. The molecular formula is C18H15ClN2O3. The Morgan fingerprint density at radius 3 is 2.58 bits per heavy atom. The number of H-pyrrole nitrogens is 1. The number of aromatic hydroxyl groups is 1. The van der Waals surface area contributed by atoms with Crippen LogP contribution in [0.15, 0.2) is 47.5 Å². The van der Waals surface area contributed by atoms with Crippen molar-refractivity contribution in [2.24, 2.45) is 4.99 Å². The molecule has 2 aromatic carbocycles. The maximum atomic E-state index is 11.7. The molecule has 3 aromatic rings. The van der Waals surface area contributed by atoms with Crippen molar-refractivity contribution in [1.29, 1.82) is 0 Å². The molecule has 2 N–H and O–H groups in total. The number of hydrogen-bond acceptors (Lipinski definition) is 4. The van der Waals surface area contributed by atoms with E-state index in [-0.39, 0.29) is 5.88 Å². The molecule has 0 radical (unpaired) electrons. The number of aromatic nitrogens is 1. The number of benzene rings is 2. The number of carbonyl (C=O) groups excluding carboxylic acids is 1. The number of rotatable bonds is 3. The van der Waals surface area contributed by atoms with Gasteiger partial charge in [-0.3, -0.25) is 4.99 Å². The van der Waals surface area contributed by atoms with Crippen molar-refractivity contribution in [2.75, 3.05) is 7.11 Å². The number of methoxy groups -OCH3 is 1. The number of fused-ring (bicyclic) bond motifs is 1. The van der Waals surface area contributed by atoms with Crippen LogP contribution in [0.4, 0.5) is 5.69 Å². The van der Waals surface area contributed by atoms with E-state index in [2.05, 4.69) is 9.98 Å². The van der Waals surface area contributed by atoms with Crippen molar-refractivity contribution in [3.05, 3.63) is 58.6 Å². The van der Waals surface area contributed by atoms with Crippen molar-refractivity contribution < 1.29 is 14.6 Å². The standard InChI is InChI=1S/C18H15ClN2O3/c1-10(20-13-6-4-12(19)5-7-13)16-14-9-11(18(23)24-2)3-8-15(14)21-17(16)22/h3-9,21-22H,1-2H3. The van der Waals surface area contributed by atoms with Crippen molar-refractivity contribution in [3.63, 3.8) is 0 Å². The molecule has 0 aliphatic carbocycles. The van der Waals surface area contributed by atoms with Gasteiger partial charge in [0.1, 0.15) is 0 Å². The Labute approximate surface area is 143 Å². The summed E-state index contributed by atoms with van der Waals surface area (Å²) in [7, 11) is 1.33. The monoisotopic (exact) mass is 342 g/mol. The average Bonchev–Trinajstić information content (AvgIpc) is 2.91. The molecule has 0 aliphatic heterocycles. The molecule has 5 nitrogen and oxygen atoms in total. The van der Waals surface area contributed by atoms with Crippen LogP contribution < -0.4 is 0 Å². The third kappa shape index (κ3) is 2.98. The molecule has 0 saturated heterocycles. The van der Waals surface area contributed by atoms with Crippen molar-refractivity contribution >= 4 is 39.9 Å². The number of nitrogens with zero attached hydrogens (tertiary/aromatic N) is 1. The molecular weight excluding hydrogens is 328 g/mol. The number of carbonyl (C=O) groups is 1. The molecule has 0 bridgehead atoms. The smallest absolute Gasteiger partial charge is 0.337 e. The van der Waals surface area contributed by atoms with Gasteiger partial charge in [-0.25, -0.2) is 4.79 Å². The normalized spacial score (nSPS) is 11.7. The lowest BCUT2D eigenvalue weighted by molar-refractivity contribution is 0.0601. The van der Waals surface area contributed by atoms with E-state index in [1.807, 2.05) is 0 Å². The Hall–Kier alpha value is -2.79. The zero-order valence-corrected chi connectivity index (χ0v) is 13.9. The topological polar surface area (TPSA) is 74.7 Å². The minimum atomic E-state index is -0.434. The first kappa shape index (κ1) is 16.1. The largest absolute Gasteiger partial charge is 0.494 e. The van der Waals surface area contributed by atoms with Crippen LogP contribution in [0.1, 0.15) is 22.8 Å². The fourth-order valence-electron chi connectivity index (χ4n) is 2.55. The number of aromatic amines is 1. The Morgan fingerprint density at radius 2 is 1.92 bits per heavy atom. The number of halogens is 1. The van der Waals surface area contributed by atoms with Crippen LogP contribution in [0.5, 0.6) is 5.88 Å². The van der Waals surface area contributed by atoms with Gasteiger partial charge in [0.15, 0.2) is 5.88 Å². The van der Waals surface area contributed by atoms with E-state index >= 15 is 0 Å². The molecule has 122 valence electrons. The summed E-state index contributed by atoms with van der Waals surface area (Å²) in [6, 6.07) is 12.1. The van der Waals surface area contributed by atoms with E-state index in [0.29, 0.717) is 32.8 Å². The summed E-state index contributed by atoms with van der Waals surface area (Å²) in [5, 5.41) is 11.6. The van der Waals surface area contributed by atoms with Crippen LogP contribution in [0.3, 0.4) is 0 Å². The molecule has 3 rings (SSSR count). The summed E-state index contributed by atoms with van der Waals surface area (Å²) in [5.74, 6) is -0.432. The lowest BCUT2D eigenvalue weighted by Crippen LogP contribution is -2.01. The molecule has 0 spiro atoms. The van der Waals surface area contributed by atoms with Crippen LogP contribution in [0.25, 0.3) is 10.9 Å². The van der Waals surface area contributed by atoms with Gasteiger partial charge < -0.3 is 14.8 Å². The van der Waals surface area contributed by atoms with Gasteiger partial charge in [0, 0.05) is 15.9 Å². The van der Waals surface area contributed by atoms with Gasteiger partial charge in [0.25, 0.3) is 0 Å². The Bertz CT molecular complexity index is 943. The van der Waals surface area contributed by atoms with Crippen molar-refractivity contribution in [2.45, 2.75) is 6.92 Å². The number of aliphatic imine (C=N–C) groups is 1. The minimum Gasteiger partial charge on any atom is -0.494 e. The highest BCUT2D eigenvalue weighted by atomic mass is 35.5. The summed E-state index contributed by atoms with van der Waals surface area (Å²) in [5.41, 5.74) is 2.99. The highest BCUT2D eigenvalue weighted by Gasteiger charge is 2.16. The van der Waals surface area contributed by atoms with Crippen LogP contribution >= 0.6 is 11.6 Å². The van der Waals surface area contributed by atoms with Crippen molar-refractivity contribution in [1.82, 2.24) is 4.98 Å². The maximum absolute atomic E-state index is 11.7. The van der Waals surface area contributed by atoms with Gasteiger partial charge in [-0.05, 0) is 49.4 Å². The molecule has 0 atom stereocenters. The number of ether oxygens (including phenoxy) is 1. The zero-order valence-electron chi connectivity index (χ0n) is 13.1. The van der Waals surface area contributed by atoms with Gasteiger partial charge in [-0.1, -0.05) is 11.6 Å². The summed E-state index contributed by atoms with van der Waals surface area (Å²) in [6.07, 6.45) is 0. The second kappa shape index (κ2) is 6.37. The predicted octanol–water partition coefficient (Wildman–Crippen LogP) is 4.45. The molecule has 24 heavy (non-hydrogen) atoms. The van der Waals surface area contributed by atoms with Gasteiger partial charge in [-0.2, -0.15) is 0 Å². The average molecular weight is 343 g/mol. The quantitative estimate of drug-likeness (QED) is 0.545. The van der Waals surface area contributed by atoms with Crippen LogP contribution in [-0.2, 0) is 4.74 Å². The summed E-state index contributed by atoms with van der Waals surface area (Å²) in [6.45, 7) is 1.79. The van der Waals surface area contributed by atoms with Crippen molar-refractivity contribution in [3.8, 4) is 5.88 Å². The Kier molecular flexibility index (Phi) is 4.27. The van der Waals surface area contributed by atoms with Crippen LogP contribution in [-0.4, -0.2) is 28.9 Å². The highest BCUT2D eigenvalue weighted by Crippen LogP contribution is 2.30. The molecule has 1 aromatic heterocycles. The molecule has 0 aliphatic rings. The fourth-order valence-corrected chi connectivity index (χ4v) is 2.68. The minimum absolute atomic E-state index is 0.00206. The molecule has 6 heteroatoms. The van der Waals surface area contributed by atoms with E-state index in [1.165, 1.54) is 7.11 Å². The van der Waals surface area contributed by atoms with Crippen LogP contribution in [0, 0.1) is 0 Å². The predicted molar refractivity (Wildman–Crippen MR) is 94.6 cm³/mol. The zero-order chi connectivity index (χ0) is 17.3. The highest BCUT2D eigenvalue weighted by molar-refractivity contribution is 6.30. The summed E-state index contributed by atoms with van der Waals surface area (Å²) >= 11 is 5.87. The Morgan fingerprint density at radius 1 is 1.21 bits per heavy atom. The van der Waals surface area contributed by atoms with Gasteiger partial charge in [0.05, 0.1) is 29.6 Å². The second-order valence-electron chi connectivity index (χ2n) is 5.27. The lowest BCUT2D eigenvalue weighted by atomic mass is 10.1. The van der Waals surface area contributed by atoms with Gasteiger partial charge in [0.2, 0.25) is 0 Å². The molecule has 1 heterocycles. The lowest BCUT2D eigenvalue weighted by Gasteiger charge is -2.03. The number of nitrogens with one attached hydrogen (secondary N) is 1. The third-order valence-electron chi connectivity index (χ3n) is 3.69. The van der Waals surface area contributed by atoms with Gasteiger partial charge >= 0.3 is 5.97 Å². The molecule has 0 amide bonds. The molecule has 0 saturated carbocycles. The molecule has 0 fully saturated rings. The van der Waals surface area contributed by atoms with Gasteiger partial charge in [-0.15, -0.1) is 0 Å². The SMILES string of the molecule is COC(=O)c1ccc2[nH]c(O)c(C(C)=Nc3ccc(Cl)cc3)c2c1. The first-order valence-electron chi connectivity index (χ1n) is 7.24.